The molecule has 0 bridgehead atoms. The van der Waals surface area contributed by atoms with Crippen molar-refractivity contribution in [2.24, 2.45) is 0 Å². The van der Waals surface area contributed by atoms with Crippen molar-refractivity contribution in [3.8, 4) is 5.75 Å². The van der Waals surface area contributed by atoms with E-state index in [9.17, 15) is 4.79 Å². The van der Waals surface area contributed by atoms with Crippen LogP contribution in [0.1, 0.15) is 38.8 Å². The Morgan fingerprint density at radius 3 is 2.35 bits per heavy atom. The lowest BCUT2D eigenvalue weighted by Crippen LogP contribution is -2.14. The molecule has 2 nitrogen and oxygen atoms in total. The highest BCUT2D eigenvalue weighted by Crippen LogP contribution is 2.36. The Balaban J connectivity index is 3.40. The van der Waals surface area contributed by atoms with Crippen LogP contribution in [-0.2, 0) is 16.6 Å². The average molecular weight is 299 g/mol. The van der Waals surface area contributed by atoms with Crippen molar-refractivity contribution in [3.05, 3.63) is 27.7 Å². The van der Waals surface area contributed by atoms with Crippen molar-refractivity contribution in [1.82, 2.24) is 0 Å². The minimum Gasteiger partial charge on any atom is -0.496 e. The fraction of sp³-hybridized carbons (Fsp3) is 0.500. The zero-order valence-corrected chi connectivity index (χ0v) is 12.6. The summed E-state index contributed by atoms with van der Waals surface area (Å²) in [5.41, 5.74) is 2.05. The molecule has 1 aromatic rings. The van der Waals surface area contributed by atoms with Gasteiger partial charge < -0.3 is 4.74 Å². The topological polar surface area (TPSA) is 26.3 Å². The Morgan fingerprint density at radius 2 is 1.94 bits per heavy atom. The molecule has 1 aromatic carbocycles. The van der Waals surface area contributed by atoms with E-state index >= 15 is 0 Å². The van der Waals surface area contributed by atoms with Crippen LogP contribution in [0.5, 0.6) is 5.75 Å². The van der Waals surface area contributed by atoms with Gasteiger partial charge in [0.25, 0.3) is 0 Å². The molecule has 0 amide bonds. The number of hydrogen-bond donors (Lipinski definition) is 0. The second-order valence-electron chi connectivity index (χ2n) is 5.27. The van der Waals surface area contributed by atoms with Crippen LogP contribution in [0.3, 0.4) is 0 Å². The molecular weight excluding hydrogens is 280 g/mol. The first-order valence-electron chi connectivity index (χ1n) is 5.62. The number of carbonyl (C=O) groups excluding carboxylic acids is 1. The van der Waals surface area contributed by atoms with E-state index in [1.807, 2.05) is 6.07 Å². The molecule has 94 valence electrons. The van der Waals surface area contributed by atoms with Crippen molar-refractivity contribution in [1.29, 1.82) is 0 Å². The summed E-state index contributed by atoms with van der Waals surface area (Å²) in [4.78, 5) is 11.3. The minimum absolute atomic E-state index is 0.0132. The molecule has 1 rings (SSSR count). The smallest absolute Gasteiger partial charge is 0.134 e. The zero-order chi connectivity index (χ0) is 13.2. The number of ether oxygens (including phenoxy) is 1. The zero-order valence-electron chi connectivity index (χ0n) is 11.1. The number of Topliss-reactive ketones (excluding diaryl/α,β-unsaturated/α-hetero) is 1. The highest BCUT2D eigenvalue weighted by molar-refractivity contribution is 9.10. The van der Waals surface area contributed by atoms with Gasteiger partial charge in [0, 0.05) is 22.0 Å². The maximum absolute atomic E-state index is 11.3. The predicted molar refractivity (Wildman–Crippen MR) is 73.8 cm³/mol. The van der Waals surface area contributed by atoms with Crippen LogP contribution in [0, 0.1) is 0 Å². The molecular formula is C14H19BrO2. The Kier molecular flexibility index (Phi) is 4.36. The third kappa shape index (κ3) is 3.56. The lowest BCUT2D eigenvalue weighted by molar-refractivity contribution is -0.116. The second-order valence-corrected chi connectivity index (χ2v) is 6.19. The number of ketones is 1. The Hall–Kier alpha value is -0.830. The van der Waals surface area contributed by atoms with Crippen LogP contribution in [-0.4, -0.2) is 12.9 Å². The van der Waals surface area contributed by atoms with E-state index in [1.165, 1.54) is 0 Å². The van der Waals surface area contributed by atoms with Crippen molar-refractivity contribution in [3.63, 3.8) is 0 Å². The molecule has 0 N–H and O–H groups in total. The Morgan fingerprint density at radius 1 is 1.35 bits per heavy atom. The van der Waals surface area contributed by atoms with E-state index in [0.717, 1.165) is 21.3 Å². The first kappa shape index (κ1) is 14.2. The minimum atomic E-state index is -0.0132. The fourth-order valence-corrected chi connectivity index (χ4v) is 2.35. The third-order valence-electron chi connectivity index (χ3n) is 2.58. The monoisotopic (exact) mass is 298 g/mol. The van der Waals surface area contributed by atoms with Gasteiger partial charge in [0.2, 0.25) is 0 Å². The summed E-state index contributed by atoms with van der Waals surface area (Å²) < 4.78 is 6.47. The summed E-state index contributed by atoms with van der Waals surface area (Å²) in [5, 5.41) is 0. The van der Waals surface area contributed by atoms with E-state index in [-0.39, 0.29) is 11.2 Å². The van der Waals surface area contributed by atoms with E-state index in [0.29, 0.717) is 6.42 Å². The quantitative estimate of drug-likeness (QED) is 0.846. The number of carbonyl (C=O) groups is 1. The molecule has 0 atom stereocenters. The highest BCUT2D eigenvalue weighted by Gasteiger charge is 2.22. The van der Waals surface area contributed by atoms with E-state index in [1.54, 1.807) is 14.0 Å². The van der Waals surface area contributed by atoms with Gasteiger partial charge in [0.1, 0.15) is 11.5 Å². The SMILES string of the molecule is COc1c(CC(C)=O)cc(Br)cc1C(C)(C)C. The maximum Gasteiger partial charge on any atom is 0.134 e. The molecule has 0 heterocycles. The van der Waals surface area contributed by atoms with Crippen LogP contribution >= 0.6 is 15.9 Å². The van der Waals surface area contributed by atoms with Gasteiger partial charge in [-0.3, -0.25) is 4.79 Å². The van der Waals surface area contributed by atoms with Crippen molar-refractivity contribution in [2.45, 2.75) is 39.5 Å². The van der Waals surface area contributed by atoms with Gasteiger partial charge in [-0.2, -0.15) is 0 Å². The molecule has 0 aliphatic rings. The van der Waals surface area contributed by atoms with E-state index in [2.05, 4.69) is 42.8 Å². The average Bonchev–Trinajstić information content (AvgIpc) is 2.14. The summed E-state index contributed by atoms with van der Waals surface area (Å²) in [6.45, 7) is 8.00. The molecule has 0 spiro atoms. The summed E-state index contributed by atoms with van der Waals surface area (Å²) in [6, 6.07) is 4.01. The van der Waals surface area contributed by atoms with E-state index in [4.69, 9.17) is 4.74 Å². The Bertz CT molecular complexity index is 431. The summed E-state index contributed by atoms with van der Waals surface area (Å²) in [6.07, 6.45) is 0.408. The standard InChI is InChI=1S/C14H19BrO2/c1-9(16)6-10-7-11(15)8-12(13(10)17-5)14(2,3)4/h7-8H,6H2,1-5H3. The maximum atomic E-state index is 11.3. The molecule has 0 aliphatic heterocycles. The first-order valence-corrected chi connectivity index (χ1v) is 6.41. The third-order valence-corrected chi connectivity index (χ3v) is 3.04. The second kappa shape index (κ2) is 5.21. The first-order chi connectivity index (χ1) is 7.75. The Labute approximate surface area is 111 Å². The summed E-state index contributed by atoms with van der Waals surface area (Å²) >= 11 is 3.49. The van der Waals surface area contributed by atoms with Crippen LogP contribution in [0.2, 0.25) is 0 Å². The number of methoxy groups -OCH3 is 1. The lowest BCUT2D eigenvalue weighted by atomic mass is 9.84. The predicted octanol–water partition coefficient (Wildman–Crippen LogP) is 3.89. The van der Waals surface area contributed by atoms with Crippen molar-refractivity contribution >= 4 is 21.7 Å². The van der Waals surface area contributed by atoms with Crippen LogP contribution in [0.15, 0.2) is 16.6 Å². The molecule has 3 heteroatoms. The van der Waals surface area contributed by atoms with Gasteiger partial charge in [0.05, 0.1) is 7.11 Å². The number of benzene rings is 1. The van der Waals surface area contributed by atoms with Crippen LogP contribution < -0.4 is 4.74 Å². The van der Waals surface area contributed by atoms with Crippen LogP contribution in [0.25, 0.3) is 0 Å². The molecule has 17 heavy (non-hydrogen) atoms. The highest BCUT2D eigenvalue weighted by atomic mass is 79.9. The lowest BCUT2D eigenvalue weighted by Gasteiger charge is -2.24. The molecule has 0 saturated heterocycles. The molecule has 0 fully saturated rings. The molecule has 0 aromatic heterocycles. The number of halogens is 1. The van der Waals surface area contributed by atoms with E-state index < -0.39 is 0 Å². The van der Waals surface area contributed by atoms with Crippen LogP contribution in [0.4, 0.5) is 0 Å². The van der Waals surface area contributed by atoms with Crippen molar-refractivity contribution in [2.75, 3.05) is 7.11 Å². The fourth-order valence-electron chi connectivity index (χ4n) is 1.85. The van der Waals surface area contributed by atoms with Gasteiger partial charge in [-0.25, -0.2) is 0 Å². The van der Waals surface area contributed by atoms with Gasteiger partial charge in [-0.1, -0.05) is 36.7 Å². The van der Waals surface area contributed by atoms with Gasteiger partial charge in [-0.05, 0) is 24.5 Å². The largest absolute Gasteiger partial charge is 0.496 e. The number of hydrogen-bond acceptors (Lipinski definition) is 2. The number of rotatable bonds is 3. The van der Waals surface area contributed by atoms with Gasteiger partial charge in [-0.15, -0.1) is 0 Å². The normalized spacial score (nSPS) is 11.4. The van der Waals surface area contributed by atoms with Gasteiger partial charge >= 0.3 is 0 Å². The molecule has 0 saturated carbocycles. The molecule has 0 aliphatic carbocycles. The summed E-state index contributed by atoms with van der Waals surface area (Å²) in [7, 11) is 1.65. The summed E-state index contributed by atoms with van der Waals surface area (Å²) in [5.74, 6) is 0.970. The van der Waals surface area contributed by atoms with Crippen molar-refractivity contribution < 1.29 is 9.53 Å². The van der Waals surface area contributed by atoms with Gasteiger partial charge in [0.15, 0.2) is 0 Å². The molecule has 0 radical (unpaired) electrons. The molecule has 0 unspecified atom stereocenters.